The number of rotatable bonds is 6. The number of furan rings is 1. The van der Waals surface area contributed by atoms with E-state index >= 15 is 0 Å². The Morgan fingerprint density at radius 3 is 2.55 bits per heavy atom. The molecular formula is C22H18Cl3N3O4S. The summed E-state index contributed by atoms with van der Waals surface area (Å²) in [5.41, 5.74) is 3.14. The number of sulfonamides is 1. The van der Waals surface area contributed by atoms with Gasteiger partial charge >= 0.3 is 0 Å². The van der Waals surface area contributed by atoms with Crippen molar-refractivity contribution in [3.8, 4) is 11.3 Å². The third-order valence-electron chi connectivity index (χ3n) is 5.12. The summed E-state index contributed by atoms with van der Waals surface area (Å²) in [7, 11) is -3.84. The summed E-state index contributed by atoms with van der Waals surface area (Å²) in [6, 6.07) is 13.5. The molecule has 11 heteroatoms. The second-order valence-electron chi connectivity index (χ2n) is 7.29. The first-order chi connectivity index (χ1) is 15.8. The minimum atomic E-state index is -3.84. The van der Waals surface area contributed by atoms with Gasteiger partial charge in [0.05, 0.1) is 21.2 Å². The van der Waals surface area contributed by atoms with E-state index in [2.05, 4.69) is 10.5 Å². The van der Waals surface area contributed by atoms with Crippen LogP contribution in [-0.2, 0) is 14.8 Å². The van der Waals surface area contributed by atoms with E-state index in [0.29, 0.717) is 39.4 Å². The lowest BCUT2D eigenvalue weighted by molar-refractivity contribution is -0.124. The van der Waals surface area contributed by atoms with Gasteiger partial charge in [-0.2, -0.15) is 9.41 Å². The first-order valence-electron chi connectivity index (χ1n) is 9.91. The van der Waals surface area contributed by atoms with Gasteiger partial charge in [-0.25, -0.2) is 13.8 Å². The van der Waals surface area contributed by atoms with Crippen molar-refractivity contribution in [1.29, 1.82) is 0 Å². The SMILES string of the molecule is O=C(N/N=C\c1ccc(-c2ccc(Cl)c(Cl)c2)o1)[C@H]1CCCN1S(=O)(=O)c1ccc(Cl)cc1. The fourth-order valence-corrected chi connectivity index (χ4v) is 5.57. The molecule has 7 nitrogen and oxygen atoms in total. The summed E-state index contributed by atoms with van der Waals surface area (Å²) >= 11 is 17.8. The van der Waals surface area contributed by atoms with Gasteiger partial charge in [0.25, 0.3) is 5.91 Å². The van der Waals surface area contributed by atoms with Crippen LogP contribution in [0, 0.1) is 0 Å². The highest BCUT2D eigenvalue weighted by Crippen LogP contribution is 2.30. The Hall–Kier alpha value is -2.36. The molecule has 1 fully saturated rings. The van der Waals surface area contributed by atoms with Crippen molar-refractivity contribution in [2.45, 2.75) is 23.8 Å². The Morgan fingerprint density at radius 1 is 1.06 bits per heavy atom. The third kappa shape index (κ3) is 5.26. The molecule has 2 aromatic carbocycles. The van der Waals surface area contributed by atoms with E-state index in [0.717, 1.165) is 5.56 Å². The van der Waals surface area contributed by atoms with Gasteiger partial charge in [-0.3, -0.25) is 4.79 Å². The van der Waals surface area contributed by atoms with Gasteiger partial charge in [-0.1, -0.05) is 34.8 Å². The van der Waals surface area contributed by atoms with Crippen LogP contribution in [0.5, 0.6) is 0 Å². The van der Waals surface area contributed by atoms with E-state index in [9.17, 15) is 13.2 Å². The zero-order valence-corrected chi connectivity index (χ0v) is 20.1. The predicted molar refractivity (Wildman–Crippen MR) is 128 cm³/mol. The molecule has 1 atom stereocenters. The van der Waals surface area contributed by atoms with Gasteiger partial charge in [0.2, 0.25) is 10.0 Å². The van der Waals surface area contributed by atoms with Crippen LogP contribution in [0.1, 0.15) is 18.6 Å². The Labute approximate surface area is 206 Å². The second kappa shape index (κ2) is 9.87. The molecule has 1 amide bonds. The van der Waals surface area contributed by atoms with Crippen LogP contribution in [0.3, 0.4) is 0 Å². The summed E-state index contributed by atoms with van der Waals surface area (Å²) < 4.78 is 32.8. The highest BCUT2D eigenvalue weighted by Gasteiger charge is 2.39. The molecule has 0 radical (unpaired) electrons. The number of amides is 1. The highest BCUT2D eigenvalue weighted by molar-refractivity contribution is 7.89. The summed E-state index contributed by atoms with van der Waals surface area (Å²) in [6.07, 6.45) is 2.31. The van der Waals surface area contributed by atoms with Gasteiger partial charge in [-0.05, 0) is 67.4 Å². The maximum absolute atomic E-state index is 13.0. The van der Waals surface area contributed by atoms with Gasteiger partial charge in [0, 0.05) is 17.1 Å². The molecule has 1 aliphatic rings. The van der Waals surface area contributed by atoms with E-state index in [4.69, 9.17) is 39.2 Å². The molecular weight excluding hydrogens is 509 g/mol. The van der Waals surface area contributed by atoms with Crippen molar-refractivity contribution >= 4 is 56.9 Å². The number of nitrogens with one attached hydrogen (secondary N) is 1. The van der Waals surface area contributed by atoms with Gasteiger partial charge in [-0.15, -0.1) is 0 Å². The summed E-state index contributed by atoms with van der Waals surface area (Å²) in [6.45, 7) is 0.248. The Bertz CT molecular complexity index is 1310. The summed E-state index contributed by atoms with van der Waals surface area (Å²) in [4.78, 5) is 12.7. The van der Waals surface area contributed by atoms with Crippen molar-refractivity contribution < 1.29 is 17.6 Å². The second-order valence-corrected chi connectivity index (χ2v) is 10.4. The molecule has 3 aromatic rings. The minimum absolute atomic E-state index is 0.0838. The third-order valence-corrected chi connectivity index (χ3v) is 8.04. The van der Waals surface area contributed by atoms with E-state index < -0.39 is 22.0 Å². The van der Waals surface area contributed by atoms with Crippen LogP contribution < -0.4 is 5.43 Å². The van der Waals surface area contributed by atoms with Crippen LogP contribution in [0.15, 0.2) is 69.0 Å². The fourth-order valence-electron chi connectivity index (χ4n) is 3.49. The Kier molecular flexibility index (Phi) is 7.11. The number of benzene rings is 2. The van der Waals surface area contributed by atoms with Crippen molar-refractivity contribution in [1.82, 2.24) is 9.73 Å². The number of nitrogens with zero attached hydrogens (tertiary/aromatic N) is 2. The first kappa shape index (κ1) is 23.8. The highest BCUT2D eigenvalue weighted by atomic mass is 35.5. The predicted octanol–water partition coefficient (Wildman–Crippen LogP) is 5.21. The number of halogens is 3. The molecule has 1 aromatic heterocycles. The van der Waals surface area contributed by atoms with Crippen molar-refractivity contribution in [3.63, 3.8) is 0 Å². The largest absolute Gasteiger partial charge is 0.455 e. The lowest BCUT2D eigenvalue weighted by Gasteiger charge is -2.22. The Morgan fingerprint density at radius 2 is 1.82 bits per heavy atom. The average Bonchev–Trinajstić information content (AvgIpc) is 3.46. The molecule has 0 unspecified atom stereocenters. The lowest BCUT2D eigenvalue weighted by Crippen LogP contribution is -2.44. The van der Waals surface area contributed by atoms with E-state index in [1.54, 1.807) is 30.3 Å². The summed E-state index contributed by atoms with van der Waals surface area (Å²) in [5.74, 6) is 0.434. The molecule has 0 aliphatic carbocycles. The van der Waals surface area contributed by atoms with Crippen LogP contribution in [0.4, 0.5) is 0 Å². The molecule has 1 aliphatic heterocycles. The molecule has 2 heterocycles. The molecule has 4 rings (SSSR count). The van der Waals surface area contributed by atoms with Gasteiger partial charge in [0.15, 0.2) is 0 Å². The van der Waals surface area contributed by atoms with Crippen LogP contribution in [0.2, 0.25) is 15.1 Å². The molecule has 172 valence electrons. The van der Waals surface area contributed by atoms with E-state index in [1.165, 1.54) is 34.8 Å². The zero-order chi connectivity index (χ0) is 23.6. The minimum Gasteiger partial charge on any atom is -0.455 e. The number of carbonyl (C=O) groups excluding carboxylic acids is 1. The molecule has 0 spiro atoms. The van der Waals surface area contributed by atoms with Gasteiger partial charge < -0.3 is 4.42 Å². The maximum atomic E-state index is 13.0. The molecule has 0 bridgehead atoms. The molecule has 1 N–H and O–H groups in total. The number of hydrazone groups is 1. The lowest BCUT2D eigenvalue weighted by atomic mass is 10.2. The normalized spacial score (nSPS) is 17.0. The molecule has 33 heavy (non-hydrogen) atoms. The number of hydrogen-bond acceptors (Lipinski definition) is 5. The molecule has 0 saturated carbocycles. The standard InChI is InChI=1S/C22H18Cl3N3O4S/c23-15-4-7-17(8-5-15)33(30,31)28-11-1-2-20(28)22(29)27-26-13-16-6-10-21(32-16)14-3-9-18(24)19(25)12-14/h3-10,12-13,20H,1-2,11H2,(H,27,29)/b26-13-/t20-/m1/s1. The number of carbonyl (C=O) groups is 1. The van der Waals surface area contributed by atoms with Crippen molar-refractivity contribution in [2.24, 2.45) is 5.10 Å². The Balaban J connectivity index is 1.42. The van der Waals surface area contributed by atoms with Gasteiger partial charge in [0.1, 0.15) is 17.6 Å². The van der Waals surface area contributed by atoms with Crippen molar-refractivity contribution in [2.75, 3.05) is 6.54 Å². The smallest absolute Gasteiger partial charge is 0.258 e. The first-order valence-corrected chi connectivity index (χ1v) is 12.5. The van der Waals surface area contributed by atoms with Crippen LogP contribution in [-0.4, -0.2) is 37.4 Å². The topological polar surface area (TPSA) is 92.0 Å². The van der Waals surface area contributed by atoms with Crippen molar-refractivity contribution in [3.05, 3.63) is 75.4 Å². The van der Waals surface area contributed by atoms with E-state index in [-0.39, 0.29) is 11.4 Å². The maximum Gasteiger partial charge on any atom is 0.258 e. The summed E-state index contributed by atoms with van der Waals surface area (Å²) in [5, 5.41) is 5.20. The van der Waals surface area contributed by atoms with E-state index in [1.807, 2.05) is 0 Å². The molecule has 1 saturated heterocycles. The average molecular weight is 527 g/mol. The van der Waals surface area contributed by atoms with Crippen LogP contribution in [0.25, 0.3) is 11.3 Å². The monoisotopic (exact) mass is 525 g/mol. The number of hydrogen-bond donors (Lipinski definition) is 1. The zero-order valence-electron chi connectivity index (χ0n) is 17.0. The quantitative estimate of drug-likeness (QED) is 0.352. The fraction of sp³-hybridized carbons (Fsp3) is 0.182. The van der Waals surface area contributed by atoms with Crippen LogP contribution >= 0.6 is 34.8 Å².